The fourth-order valence-electron chi connectivity index (χ4n) is 6.31. The smallest absolute Gasteiger partial charge is 0.397 e. The van der Waals surface area contributed by atoms with Gasteiger partial charge in [-0.3, -0.25) is 9.35 Å². The summed E-state index contributed by atoms with van der Waals surface area (Å²) < 4.78 is 59.0. The van der Waals surface area contributed by atoms with Gasteiger partial charge in [-0.25, -0.2) is 4.18 Å². The second-order valence-electron chi connectivity index (χ2n) is 15.2. The highest BCUT2D eigenvalue weighted by Crippen LogP contribution is 2.26. The SMILES string of the molecule is CC/C=C\C/C=C\C/C=C\C/C=C\C/C=C\CCCC(=O)OC(COCCCCCCCCCC/C=C\C/C=C\C/C=C\CC)COC1OC(CO)C(O)C(OS(=O)(=O)O)C1O. The summed E-state index contributed by atoms with van der Waals surface area (Å²) in [6.07, 6.45) is 44.4. The fraction of sp³-hybridized carbons (Fsp3) is 0.653. The highest BCUT2D eigenvalue weighted by molar-refractivity contribution is 7.80. The van der Waals surface area contributed by atoms with E-state index in [9.17, 15) is 28.5 Å². The average Bonchev–Trinajstić information content (AvgIpc) is 3.24. The van der Waals surface area contributed by atoms with Crippen LogP contribution in [0.25, 0.3) is 0 Å². The van der Waals surface area contributed by atoms with Crippen LogP contribution in [0.2, 0.25) is 0 Å². The minimum absolute atomic E-state index is 0.00135. The van der Waals surface area contributed by atoms with Gasteiger partial charge in [0.25, 0.3) is 0 Å². The van der Waals surface area contributed by atoms with Crippen molar-refractivity contribution in [1.29, 1.82) is 0 Å². The lowest BCUT2D eigenvalue weighted by Gasteiger charge is -2.41. The number of esters is 1. The van der Waals surface area contributed by atoms with Crippen LogP contribution in [0.15, 0.2) is 97.2 Å². The van der Waals surface area contributed by atoms with Crippen molar-refractivity contribution in [2.24, 2.45) is 0 Å². The topological polar surface area (TPSA) is 178 Å². The van der Waals surface area contributed by atoms with E-state index in [1.807, 2.05) is 6.08 Å². The quantitative estimate of drug-likeness (QED) is 0.0200. The number of carbonyl (C=O) groups is 1. The summed E-state index contributed by atoms with van der Waals surface area (Å²) in [5, 5.41) is 30.7. The van der Waals surface area contributed by atoms with E-state index >= 15 is 0 Å². The van der Waals surface area contributed by atoms with Gasteiger partial charge in [0.15, 0.2) is 6.29 Å². The Morgan fingerprint density at radius 1 is 0.613 bits per heavy atom. The monoisotopic (exact) mass is 893 g/mol. The third kappa shape index (κ3) is 32.7. The molecule has 6 unspecified atom stereocenters. The second-order valence-corrected chi connectivity index (χ2v) is 16.3. The minimum Gasteiger partial charge on any atom is -0.457 e. The zero-order valence-electron chi connectivity index (χ0n) is 37.6. The number of allylic oxidation sites excluding steroid dienone is 16. The Hall–Kier alpha value is -2.98. The summed E-state index contributed by atoms with van der Waals surface area (Å²) in [5.74, 6) is -0.463. The molecule has 1 saturated heterocycles. The molecule has 12 nitrogen and oxygen atoms in total. The number of hydrogen-bond acceptors (Lipinski definition) is 11. The van der Waals surface area contributed by atoms with Crippen LogP contribution in [-0.2, 0) is 38.3 Å². The van der Waals surface area contributed by atoms with Crippen LogP contribution < -0.4 is 0 Å². The van der Waals surface area contributed by atoms with Gasteiger partial charge in [-0.2, -0.15) is 8.42 Å². The molecule has 0 amide bonds. The van der Waals surface area contributed by atoms with Crippen molar-refractivity contribution in [3.63, 3.8) is 0 Å². The zero-order chi connectivity index (χ0) is 45.4. The lowest BCUT2D eigenvalue weighted by atomic mass is 9.99. The number of aliphatic hydroxyl groups excluding tert-OH is 3. The molecule has 0 radical (unpaired) electrons. The summed E-state index contributed by atoms with van der Waals surface area (Å²) in [7, 11) is -5.08. The molecule has 354 valence electrons. The molecular formula is C49H80O12S. The second kappa shape index (κ2) is 39.6. The largest absolute Gasteiger partial charge is 0.457 e. The lowest BCUT2D eigenvalue weighted by Crippen LogP contribution is -2.60. The third-order valence-corrected chi connectivity index (χ3v) is 10.2. The molecule has 0 aliphatic carbocycles. The van der Waals surface area contributed by atoms with Gasteiger partial charge in [-0.15, -0.1) is 0 Å². The Labute approximate surface area is 374 Å². The van der Waals surface area contributed by atoms with Crippen molar-refractivity contribution >= 4 is 16.4 Å². The van der Waals surface area contributed by atoms with Crippen LogP contribution in [0.5, 0.6) is 0 Å². The van der Waals surface area contributed by atoms with Crippen LogP contribution in [0.3, 0.4) is 0 Å². The maximum absolute atomic E-state index is 12.8. The third-order valence-electron chi connectivity index (χ3n) is 9.70. The Morgan fingerprint density at radius 3 is 1.55 bits per heavy atom. The summed E-state index contributed by atoms with van der Waals surface area (Å²) >= 11 is 0. The molecule has 1 fully saturated rings. The van der Waals surface area contributed by atoms with Crippen molar-refractivity contribution in [2.45, 2.75) is 179 Å². The fourth-order valence-corrected chi connectivity index (χ4v) is 6.82. The molecule has 0 spiro atoms. The van der Waals surface area contributed by atoms with Gasteiger partial charge in [-0.05, 0) is 83.5 Å². The molecule has 1 aliphatic rings. The molecule has 6 atom stereocenters. The summed E-state index contributed by atoms with van der Waals surface area (Å²) in [4.78, 5) is 12.8. The number of unbranched alkanes of at least 4 members (excludes halogenated alkanes) is 9. The molecule has 13 heteroatoms. The number of aliphatic hydroxyl groups is 3. The van der Waals surface area contributed by atoms with Gasteiger partial charge in [0, 0.05) is 13.0 Å². The van der Waals surface area contributed by atoms with Crippen molar-refractivity contribution in [2.75, 3.05) is 26.4 Å². The first-order valence-corrected chi connectivity index (χ1v) is 24.4. The predicted molar refractivity (Wildman–Crippen MR) is 248 cm³/mol. The van der Waals surface area contributed by atoms with Crippen molar-refractivity contribution in [1.82, 2.24) is 0 Å². The molecule has 0 saturated carbocycles. The number of rotatable bonds is 38. The highest BCUT2D eigenvalue weighted by Gasteiger charge is 2.48. The van der Waals surface area contributed by atoms with Crippen LogP contribution in [0, 0.1) is 0 Å². The van der Waals surface area contributed by atoms with E-state index in [1.54, 1.807) is 0 Å². The van der Waals surface area contributed by atoms with Gasteiger partial charge >= 0.3 is 16.4 Å². The molecule has 0 aromatic carbocycles. The van der Waals surface area contributed by atoms with Crippen molar-refractivity contribution in [3.05, 3.63) is 97.2 Å². The highest BCUT2D eigenvalue weighted by atomic mass is 32.3. The Bertz CT molecular complexity index is 1450. The number of carbonyl (C=O) groups excluding carboxylic acids is 1. The Balaban J connectivity index is 2.48. The van der Waals surface area contributed by atoms with Crippen molar-refractivity contribution < 1.29 is 56.2 Å². The predicted octanol–water partition coefficient (Wildman–Crippen LogP) is 9.85. The molecule has 1 rings (SSSR count). The minimum atomic E-state index is -5.08. The van der Waals surface area contributed by atoms with Gasteiger partial charge < -0.3 is 34.3 Å². The van der Waals surface area contributed by atoms with Crippen LogP contribution in [0.4, 0.5) is 0 Å². The van der Waals surface area contributed by atoms with Gasteiger partial charge in [-0.1, -0.05) is 150 Å². The molecule has 4 N–H and O–H groups in total. The van der Waals surface area contributed by atoms with Gasteiger partial charge in [0.05, 0.1) is 19.8 Å². The summed E-state index contributed by atoms with van der Waals surface area (Å²) in [6, 6.07) is 0. The summed E-state index contributed by atoms with van der Waals surface area (Å²) in [5.41, 5.74) is 0. The van der Waals surface area contributed by atoms with Crippen LogP contribution in [0.1, 0.15) is 142 Å². The maximum Gasteiger partial charge on any atom is 0.397 e. The van der Waals surface area contributed by atoms with E-state index in [0.29, 0.717) is 19.4 Å². The molecule has 0 aromatic heterocycles. The van der Waals surface area contributed by atoms with Gasteiger partial charge in [0.1, 0.15) is 30.5 Å². The normalized spacial score (nSPS) is 20.9. The molecule has 1 aliphatic heterocycles. The van der Waals surface area contributed by atoms with E-state index in [0.717, 1.165) is 83.5 Å². The molecule has 0 aromatic rings. The van der Waals surface area contributed by atoms with Gasteiger partial charge in [0.2, 0.25) is 0 Å². The zero-order valence-corrected chi connectivity index (χ0v) is 38.5. The molecule has 1 heterocycles. The first-order chi connectivity index (χ1) is 30.1. The Morgan fingerprint density at radius 2 is 1.06 bits per heavy atom. The first-order valence-electron chi connectivity index (χ1n) is 23.0. The number of hydrogen-bond donors (Lipinski definition) is 4. The lowest BCUT2D eigenvalue weighted by molar-refractivity contribution is -0.301. The van der Waals surface area contributed by atoms with E-state index in [2.05, 4.69) is 109 Å². The molecular weight excluding hydrogens is 813 g/mol. The first kappa shape index (κ1) is 57.0. The number of ether oxygens (including phenoxy) is 4. The van der Waals surface area contributed by atoms with Crippen molar-refractivity contribution in [3.8, 4) is 0 Å². The van der Waals surface area contributed by atoms with E-state index in [1.165, 1.54) is 25.7 Å². The summed E-state index contributed by atoms with van der Waals surface area (Å²) in [6.45, 7) is 3.65. The molecule has 0 bridgehead atoms. The molecule has 62 heavy (non-hydrogen) atoms. The van der Waals surface area contributed by atoms with Crippen LogP contribution in [-0.4, -0.2) is 97.5 Å². The van der Waals surface area contributed by atoms with E-state index in [-0.39, 0.29) is 19.6 Å². The van der Waals surface area contributed by atoms with E-state index in [4.69, 9.17) is 23.5 Å². The standard InChI is InChI=1S/C49H80O12S/c1-3-5-7-9-11-13-15-17-19-21-23-25-27-29-31-33-35-37-39-57-41-43(42-58-49-47(53)48(61-62(54,55)56)46(52)44(40-50)60-49)59-45(51)38-36-34-32-30-28-26-24-22-20-18-16-14-12-10-8-6-4-2/h5-8,11-14,17-20,24,26,30,32,43-44,46-50,52-53H,3-4,9-10,15-16,21-23,25,27-29,31,33-42H2,1-2H3,(H,54,55,56)/b7-5-,8-6-,13-11-,14-12-,19-17-,20-18-,26-24-,32-30-. The maximum atomic E-state index is 12.8. The van der Waals surface area contributed by atoms with Crippen LogP contribution >= 0.6 is 0 Å². The Kier molecular flexibility index (Phi) is 36.4. The average molecular weight is 893 g/mol. The van der Waals surface area contributed by atoms with E-state index < -0.39 is 59.8 Å².